The van der Waals surface area contributed by atoms with Crippen molar-refractivity contribution in [2.24, 2.45) is 5.73 Å². The lowest BCUT2D eigenvalue weighted by molar-refractivity contribution is 0.100. The van der Waals surface area contributed by atoms with E-state index in [4.69, 9.17) is 15.7 Å². The van der Waals surface area contributed by atoms with Crippen molar-refractivity contribution in [1.29, 1.82) is 0 Å². The van der Waals surface area contributed by atoms with Crippen LogP contribution in [0.5, 0.6) is 0 Å². The van der Waals surface area contributed by atoms with E-state index in [9.17, 15) is 14.8 Å². The number of hydrogen-bond acceptors (Lipinski definition) is 9. The summed E-state index contributed by atoms with van der Waals surface area (Å²) in [5.74, 6) is 1.20. The maximum Gasteiger partial charge on any atom is 0.488 e. The van der Waals surface area contributed by atoms with Crippen LogP contribution in [-0.4, -0.2) is 61.6 Å². The smallest absolute Gasteiger partial charge is 0.423 e. The van der Waals surface area contributed by atoms with E-state index < -0.39 is 13.0 Å². The van der Waals surface area contributed by atoms with Crippen LogP contribution in [0.1, 0.15) is 27.9 Å². The topological polar surface area (TPSA) is 155 Å². The zero-order chi connectivity index (χ0) is 23.8. The van der Waals surface area contributed by atoms with Crippen LogP contribution < -0.4 is 21.4 Å². The van der Waals surface area contributed by atoms with E-state index >= 15 is 0 Å². The standard InChI is InChI=1S/C22H23BN8O3/c1-30-10-4-8-16-20(25-12-13-5-2-6-14(11-13)23(33)34)26-22(27-21(16)30)31-17-9-3-7-15(19(24)32)18(17)28-29-31/h2-3,5-7,9,11,33-34H,4,8,10,12H2,1H3,(H2,24,32)(H,25,26,27). The summed E-state index contributed by atoms with van der Waals surface area (Å²) in [6.45, 7) is 1.29. The van der Waals surface area contributed by atoms with E-state index in [1.807, 2.05) is 13.1 Å². The largest absolute Gasteiger partial charge is 0.488 e. The van der Waals surface area contributed by atoms with Gasteiger partial charge in [0.15, 0.2) is 0 Å². The summed E-state index contributed by atoms with van der Waals surface area (Å²) in [5, 5.41) is 30.7. The van der Waals surface area contributed by atoms with Gasteiger partial charge in [0.05, 0.1) is 11.1 Å². The molecule has 0 spiro atoms. The molecule has 1 aliphatic heterocycles. The zero-order valence-corrected chi connectivity index (χ0v) is 18.5. The highest BCUT2D eigenvalue weighted by atomic mass is 16.4. The highest BCUT2D eigenvalue weighted by molar-refractivity contribution is 6.58. The van der Waals surface area contributed by atoms with Gasteiger partial charge in [0, 0.05) is 25.7 Å². The highest BCUT2D eigenvalue weighted by Gasteiger charge is 2.24. The lowest BCUT2D eigenvalue weighted by Gasteiger charge is -2.28. The molecule has 0 radical (unpaired) electrons. The van der Waals surface area contributed by atoms with Crippen LogP contribution in [0.2, 0.25) is 0 Å². The predicted octanol–water partition coefficient (Wildman–Crippen LogP) is -0.0163. The number of hydrogen-bond donors (Lipinski definition) is 4. The Bertz CT molecular complexity index is 1390. The molecule has 2 aromatic carbocycles. The van der Waals surface area contributed by atoms with Gasteiger partial charge in [0.25, 0.3) is 11.9 Å². The molecule has 2 aromatic heterocycles. The maximum absolute atomic E-state index is 11.8. The summed E-state index contributed by atoms with van der Waals surface area (Å²) in [6.07, 6.45) is 1.79. The van der Waals surface area contributed by atoms with Crippen LogP contribution in [0.4, 0.5) is 11.6 Å². The first kappa shape index (κ1) is 21.8. The van der Waals surface area contributed by atoms with Crippen molar-refractivity contribution in [2.45, 2.75) is 19.4 Å². The van der Waals surface area contributed by atoms with Gasteiger partial charge in [-0.1, -0.05) is 35.5 Å². The molecule has 0 aliphatic carbocycles. The Balaban J connectivity index is 1.57. The Morgan fingerprint density at radius 3 is 2.82 bits per heavy atom. The number of primary amides is 1. The summed E-state index contributed by atoms with van der Waals surface area (Å²) in [5.41, 5.74) is 9.03. The Labute approximate surface area is 195 Å². The molecule has 0 saturated heterocycles. The Morgan fingerprint density at radius 2 is 2.03 bits per heavy atom. The second-order valence-corrected chi connectivity index (χ2v) is 8.21. The van der Waals surface area contributed by atoms with Gasteiger partial charge in [0.2, 0.25) is 0 Å². The lowest BCUT2D eigenvalue weighted by Crippen LogP contribution is -2.30. The average molecular weight is 458 g/mol. The van der Waals surface area contributed by atoms with E-state index in [1.54, 1.807) is 36.4 Å². The third-order valence-electron chi connectivity index (χ3n) is 5.90. The molecule has 5 N–H and O–H groups in total. The van der Waals surface area contributed by atoms with Gasteiger partial charge in [-0.15, -0.1) is 5.10 Å². The van der Waals surface area contributed by atoms with E-state index in [2.05, 4.69) is 20.5 Å². The lowest BCUT2D eigenvalue weighted by atomic mass is 9.79. The number of benzene rings is 2. The van der Waals surface area contributed by atoms with Gasteiger partial charge in [-0.05, 0) is 36.0 Å². The van der Waals surface area contributed by atoms with E-state index in [1.165, 1.54) is 4.68 Å². The third-order valence-corrected chi connectivity index (χ3v) is 5.90. The normalized spacial score (nSPS) is 13.1. The Hall–Kier alpha value is -4.03. The molecule has 1 aliphatic rings. The molecule has 0 saturated carbocycles. The number of nitrogens with two attached hydrogens (primary N) is 1. The van der Waals surface area contributed by atoms with E-state index in [0.717, 1.165) is 36.3 Å². The number of carbonyl (C=O) groups excluding carboxylic acids is 1. The van der Waals surface area contributed by atoms with Crippen LogP contribution in [0.3, 0.4) is 0 Å². The van der Waals surface area contributed by atoms with Crippen molar-refractivity contribution < 1.29 is 14.8 Å². The molecular weight excluding hydrogens is 435 g/mol. The molecule has 172 valence electrons. The summed E-state index contributed by atoms with van der Waals surface area (Å²) in [4.78, 5) is 23.4. The summed E-state index contributed by atoms with van der Waals surface area (Å²) in [7, 11) is 0.452. The van der Waals surface area contributed by atoms with Crippen molar-refractivity contribution in [3.8, 4) is 5.95 Å². The second kappa shape index (κ2) is 8.73. The fourth-order valence-corrected chi connectivity index (χ4v) is 4.19. The van der Waals surface area contributed by atoms with Gasteiger partial charge in [0.1, 0.15) is 17.2 Å². The minimum Gasteiger partial charge on any atom is -0.423 e. The molecule has 3 heterocycles. The maximum atomic E-state index is 11.8. The van der Waals surface area contributed by atoms with Gasteiger partial charge >= 0.3 is 7.12 Å². The SMILES string of the molecule is CN1CCCc2c(NCc3cccc(B(O)O)c3)nc(-n3nnc4c(C(N)=O)cccc43)nc21. The van der Waals surface area contributed by atoms with Crippen LogP contribution in [0.25, 0.3) is 17.0 Å². The minimum atomic E-state index is -1.53. The van der Waals surface area contributed by atoms with E-state index in [0.29, 0.717) is 34.8 Å². The molecule has 4 aromatic rings. The molecule has 11 nitrogen and oxygen atoms in total. The Kier molecular flexibility index (Phi) is 5.60. The average Bonchev–Trinajstić information content (AvgIpc) is 3.27. The first-order chi connectivity index (χ1) is 16.4. The molecule has 1 amide bonds. The first-order valence-electron chi connectivity index (χ1n) is 10.9. The number of carbonyl (C=O) groups is 1. The third kappa shape index (κ3) is 3.93. The van der Waals surface area contributed by atoms with Crippen LogP contribution in [0.15, 0.2) is 42.5 Å². The van der Waals surface area contributed by atoms with Crippen molar-refractivity contribution >= 4 is 41.2 Å². The summed E-state index contributed by atoms with van der Waals surface area (Å²) < 4.78 is 1.50. The number of anilines is 2. The molecule has 34 heavy (non-hydrogen) atoms. The fourth-order valence-electron chi connectivity index (χ4n) is 4.19. The van der Waals surface area contributed by atoms with E-state index in [-0.39, 0.29) is 5.56 Å². The molecule has 5 rings (SSSR count). The first-order valence-corrected chi connectivity index (χ1v) is 10.9. The van der Waals surface area contributed by atoms with Crippen molar-refractivity contribution in [2.75, 3.05) is 23.8 Å². The van der Waals surface area contributed by atoms with Crippen molar-refractivity contribution in [3.05, 3.63) is 59.2 Å². The van der Waals surface area contributed by atoms with Crippen LogP contribution in [0, 0.1) is 0 Å². The monoisotopic (exact) mass is 458 g/mol. The van der Waals surface area contributed by atoms with Gasteiger partial charge in [-0.2, -0.15) is 14.6 Å². The molecule has 0 atom stereocenters. The fraction of sp³-hybridized carbons (Fsp3) is 0.227. The van der Waals surface area contributed by atoms with Crippen molar-refractivity contribution in [3.63, 3.8) is 0 Å². The molecular formula is C22H23BN8O3. The summed E-state index contributed by atoms with van der Waals surface area (Å²) in [6, 6.07) is 12.2. The number of aromatic nitrogens is 5. The van der Waals surface area contributed by atoms with Crippen LogP contribution >= 0.6 is 0 Å². The second-order valence-electron chi connectivity index (χ2n) is 8.21. The number of nitrogens with one attached hydrogen (secondary N) is 1. The molecule has 12 heteroatoms. The number of fused-ring (bicyclic) bond motifs is 2. The minimum absolute atomic E-state index is 0.281. The Morgan fingerprint density at radius 1 is 1.21 bits per heavy atom. The van der Waals surface area contributed by atoms with Gasteiger partial charge in [-0.25, -0.2) is 0 Å². The quantitative estimate of drug-likeness (QED) is 0.292. The zero-order valence-electron chi connectivity index (χ0n) is 18.5. The van der Waals surface area contributed by atoms with Crippen LogP contribution in [-0.2, 0) is 13.0 Å². The number of amides is 1. The molecule has 0 fully saturated rings. The predicted molar refractivity (Wildman–Crippen MR) is 128 cm³/mol. The molecule has 0 unspecified atom stereocenters. The van der Waals surface area contributed by atoms with Gasteiger partial charge < -0.3 is 26.0 Å². The number of rotatable bonds is 6. The molecule has 0 bridgehead atoms. The summed E-state index contributed by atoms with van der Waals surface area (Å²) >= 11 is 0. The highest BCUT2D eigenvalue weighted by Crippen LogP contribution is 2.31. The van der Waals surface area contributed by atoms with Gasteiger partial charge in [-0.3, -0.25) is 4.79 Å². The van der Waals surface area contributed by atoms with Crippen molar-refractivity contribution in [1.82, 2.24) is 25.0 Å². The number of nitrogens with zero attached hydrogens (tertiary/aromatic N) is 6.